The quantitative estimate of drug-likeness (QED) is 0.314. The fourth-order valence-electron chi connectivity index (χ4n) is 7.69. The molecule has 0 spiro atoms. The van der Waals surface area contributed by atoms with Gasteiger partial charge in [0.2, 0.25) is 17.7 Å². The number of nitrogens with two attached hydrogens (primary N) is 1. The zero-order valence-corrected chi connectivity index (χ0v) is 26.8. The summed E-state index contributed by atoms with van der Waals surface area (Å²) in [6.07, 6.45) is 6.00. The van der Waals surface area contributed by atoms with E-state index in [0.717, 1.165) is 34.5 Å². The molecule has 242 valence electrons. The highest BCUT2D eigenvalue weighted by Gasteiger charge is 2.40. The van der Waals surface area contributed by atoms with Gasteiger partial charge in [-0.1, -0.05) is 36.8 Å². The zero-order chi connectivity index (χ0) is 32.4. The number of carbonyl (C=O) groups excluding carboxylic acids is 4. The van der Waals surface area contributed by atoms with Crippen LogP contribution in [0.4, 0.5) is 5.69 Å². The Morgan fingerprint density at radius 3 is 2.59 bits per heavy atom. The number of fused-ring (bicyclic) bond motifs is 4. The van der Waals surface area contributed by atoms with E-state index in [0.29, 0.717) is 49.0 Å². The van der Waals surface area contributed by atoms with Crippen LogP contribution in [0.5, 0.6) is 0 Å². The van der Waals surface area contributed by atoms with Crippen LogP contribution in [0.1, 0.15) is 66.2 Å². The number of hydrogen-bond acceptors (Lipinski definition) is 6. The maximum Gasteiger partial charge on any atom is 0.254 e. The number of likely N-dealkylation sites (N-methyl/N-ethyl adjacent to an activating group) is 1. The van der Waals surface area contributed by atoms with Gasteiger partial charge in [-0.25, -0.2) is 0 Å². The van der Waals surface area contributed by atoms with Crippen LogP contribution in [-0.2, 0) is 20.8 Å². The fraction of sp³-hybridized carbons (Fsp3) is 0.472. The Kier molecular flexibility index (Phi) is 9.35. The van der Waals surface area contributed by atoms with Gasteiger partial charge >= 0.3 is 0 Å². The van der Waals surface area contributed by atoms with Crippen molar-refractivity contribution in [1.82, 2.24) is 19.7 Å². The number of aromatic nitrogens is 1. The van der Waals surface area contributed by atoms with Crippen LogP contribution in [0.15, 0.2) is 54.6 Å². The van der Waals surface area contributed by atoms with Crippen molar-refractivity contribution in [3.63, 3.8) is 0 Å². The Balaban J connectivity index is 1.23. The number of amides is 4. The maximum atomic E-state index is 14.2. The van der Waals surface area contributed by atoms with Crippen molar-refractivity contribution in [2.75, 3.05) is 45.6 Å². The van der Waals surface area contributed by atoms with Crippen molar-refractivity contribution in [2.24, 2.45) is 23.5 Å². The number of anilines is 1. The predicted octanol–water partition coefficient (Wildman–Crippen LogP) is 4.00. The van der Waals surface area contributed by atoms with E-state index in [4.69, 9.17) is 10.7 Å². The molecule has 3 aliphatic rings. The smallest absolute Gasteiger partial charge is 0.254 e. The average Bonchev–Trinajstić information content (AvgIpc) is 3.65. The van der Waals surface area contributed by atoms with Crippen LogP contribution in [0, 0.1) is 17.8 Å². The minimum absolute atomic E-state index is 0.00582. The first-order chi connectivity index (χ1) is 22.1. The molecule has 46 heavy (non-hydrogen) atoms. The van der Waals surface area contributed by atoms with Gasteiger partial charge in [0.1, 0.15) is 0 Å². The second kappa shape index (κ2) is 13.6. The number of pyridine rings is 1. The summed E-state index contributed by atoms with van der Waals surface area (Å²) in [6.45, 7) is 0.903. The van der Waals surface area contributed by atoms with Crippen molar-refractivity contribution in [1.29, 1.82) is 0 Å². The summed E-state index contributed by atoms with van der Waals surface area (Å²) < 4.78 is 0. The minimum atomic E-state index is -0.580. The molecule has 2 heterocycles. The SMILES string of the molecule is CN(C)CCN(CC(N)=O)C(=O)CCN1C(=O)c2cc(NC(=O)CC3CC4CCC3C4)ccc2CC1c1ccc2ccccc2n1. The van der Waals surface area contributed by atoms with Crippen molar-refractivity contribution in [2.45, 2.75) is 51.0 Å². The van der Waals surface area contributed by atoms with Gasteiger partial charge in [-0.05, 0) is 87.4 Å². The Morgan fingerprint density at radius 1 is 1.02 bits per heavy atom. The van der Waals surface area contributed by atoms with E-state index < -0.39 is 5.91 Å². The second-order valence-corrected chi connectivity index (χ2v) is 13.5. The first-order valence-electron chi connectivity index (χ1n) is 16.4. The number of nitrogens with zero attached hydrogens (tertiary/aromatic N) is 4. The molecule has 4 atom stereocenters. The lowest BCUT2D eigenvalue weighted by Crippen LogP contribution is -2.45. The Morgan fingerprint density at radius 2 is 1.85 bits per heavy atom. The molecule has 10 nitrogen and oxygen atoms in total. The summed E-state index contributed by atoms with van der Waals surface area (Å²) in [5.74, 6) is 0.853. The lowest BCUT2D eigenvalue weighted by Gasteiger charge is -2.37. The number of nitrogens with one attached hydrogen (secondary N) is 1. The average molecular weight is 625 g/mol. The first kappa shape index (κ1) is 31.7. The van der Waals surface area contributed by atoms with Crippen LogP contribution in [0.25, 0.3) is 10.9 Å². The second-order valence-electron chi connectivity index (χ2n) is 13.5. The highest BCUT2D eigenvalue weighted by atomic mass is 16.2. The lowest BCUT2D eigenvalue weighted by atomic mass is 9.86. The van der Waals surface area contributed by atoms with Crippen LogP contribution >= 0.6 is 0 Å². The first-order valence-corrected chi connectivity index (χ1v) is 16.4. The molecule has 2 aliphatic carbocycles. The number of carbonyl (C=O) groups is 4. The monoisotopic (exact) mass is 624 g/mol. The highest BCUT2D eigenvalue weighted by molar-refractivity contribution is 6.00. The molecule has 10 heteroatoms. The van der Waals surface area contributed by atoms with Gasteiger partial charge in [-0.15, -0.1) is 0 Å². The van der Waals surface area contributed by atoms with E-state index in [1.807, 2.05) is 67.5 Å². The molecule has 2 aromatic carbocycles. The molecule has 0 saturated heterocycles. The molecule has 2 bridgehead atoms. The van der Waals surface area contributed by atoms with Gasteiger partial charge in [0, 0.05) is 49.1 Å². The highest BCUT2D eigenvalue weighted by Crippen LogP contribution is 2.49. The van der Waals surface area contributed by atoms with E-state index in [2.05, 4.69) is 5.32 Å². The fourth-order valence-corrected chi connectivity index (χ4v) is 7.69. The van der Waals surface area contributed by atoms with Crippen molar-refractivity contribution >= 4 is 40.2 Å². The van der Waals surface area contributed by atoms with Crippen LogP contribution in [0.3, 0.4) is 0 Å². The number of rotatable bonds is 12. The third-order valence-corrected chi connectivity index (χ3v) is 10.1. The standard InChI is InChI=1S/C36H44N6O4/c1-40(2)15-16-41(22-33(37)43)35(45)13-14-42-32(31-12-10-24-5-3-4-6-30(24)39-31)19-26-9-11-28(21-29(26)36(42)46)38-34(44)20-27-18-23-7-8-25(27)17-23/h3-6,9-12,21,23,25,27,32H,7-8,13-20,22H2,1-2H3,(H2,37,43)(H,38,44). The summed E-state index contributed by atoms with van der Waals surface area (Å²) in [5, 5.41) is 4.06. The summed E-state index contributed by atoms with van der Waals surface area (Å²) in [6, 6.07) is 17.0. The molecule has 2 fully saturated rings. The van der Waals surface area contributed by atoms with Gasteiger partial charge < -0.3 is 25.8 Å². The molecule has 3 N–H and O–H groups in total. The van der Waals surface area contributed by atoms with E-state index in [1.165, 1.54) is 24.2 Å². The van der Waals surface area contributed by atoms with E-state index >= 15 is 0 Å². The lowest BCUT2D eigenvalue weighted by molar-refractivity contribution is -0.135. The number of para-hydroxylation sites is 1. The summed E-state index contributed by atoms with van der Waals surface area (Å²) in [7, 11) is 3.79. The Labute approximate surface area is 270 Å². The molecular formula is C36H44N6O4. The molecule has 4 amide bonds. The molecule has 1 aliphatic heterocycles. The molecule has 6 rings (SSSR count). The van der Waals surface area contributed by atoms with Gasteiger partial charge in [0.25, 0.3) is 5.91 Å². The summed E-state index contributed by atoms with van der Waals surface area (Å²) in [4.78, 5) is 62.4. The number of hydrogen-bond donors (Lipinski definition) is 2. The van der Waals surface area contributed by atoms with Crippen molar-refractivity contribution in [3.05, 3.63) is 71.4 Å². The molecule has 3 aromatic rings. The van der Waals surface area contributed by atoms with Gasteiger partial charge in [0.15, 0.2) is 0 Å². The van der Waals surface area contributed by atoms with Crippen molar-refractivity contribution < 1.29 is 19.2 Å². The third kappa shape index (κ3) is 7.07. The normalized spacial score (nSPS) is 21.9. The van der Waals surface area contributed by atoms with Gasteiger partial charge in [-0.3, -0.25) is 24.2 Å². The molecule has 0 radical (unpaired) electrons. The number of benzene rings is 2. The molecule has 4 unspecified atom stereocenters. The van der Waals surface area contributed by atoms with Crippen LogP contribution < -0.4 is 11.1 Å². The minimum Gasteiger partial charge on any atom is -0.368 e. The van der Waals surface area contributed by atoms with Crippen LogP contribution in [-0.4, -0.2) is 83.6 Å². The Hall–Kier alpha value is -4.31. The van der Waals surface area contributed by atoms with Crippen LogP contribution in [0.2, 0.25) is 0 Å². The van der Waals surface area contributed by atoms with E-state index in [9.17, 15) is 19.2 Å². The van der Waals surface area contributed by atoms with E-state index in [-0.39, 0.29) is 43.3 Å². The third-order valence-electron chi connectivity index (χ3n) is 10.1. The molecule has 1 aromatic heterocycles. The van der Waals surface area contributed by atoms with Crippen molar-refractivity contribution in [3.8, 4) is 0 Å². The predicted molar refractivity (Wildman–Crippen MR) is 177 cm³/mol. The number of primary amides is 1. The summed E-state index contributed by atoms with van der Waals surface area (Å²) in [5.41, 5.74) is 9.03. The summed E-state index contributed by atoms with van der Waals surface area (Å²) >= 11 is 0. The largest absolute Gasteiger partial charge is 0.368 e. The van der Waals surface area contributed by atoms with E-state index in [1.54, 1.807) is 11.0 Å². The molecule has 2 saturated carbocycles. The topological polar surface area (TPSA) is 129 Å². The van der Waals surface area contributed by atoms with Gasteiger partial charge in [0.05, 0.1) is 23.8 Å². The Bertz CT molecular complexity index is 1640. The zero-order valence-electron chi connectivity index (χ0n) is 26.8. The molecular weight excluding hydrogens is 580 g/mol. The van der Waals surface area contributed by atoms with Gasteiger partial charge in [-0.2, -0.15) is 0 Å². The maximum absolute atomic E-state index is 14.2.